The minimum Gasteiger partial charge on any atom is -0.368 e. The molecule has 3 saturated heterocycles. The Morgan fingerprint density at radius 2 is 2.04 bits per heavy atom. The summed E-state index contributed by atoms with van der Waals surface area (Å²) < 4.78 is 6.09. The van der Waals surface area contributed by atoms with Gasteiger partial charge in [0.2, 0.25) is 0 Å². The van der Waals surface area contributed by atoms with E-state index in [0.717, 1.165) is 30.8 Å². The summed E-state index contributed by atoms with van der Waals surface area (Å²) in [5, 5.41) is 0.259. The average molecular weight is 324 g/mol. The molecule has 5 rings (SSSR count). The summed E-state index contributed by atoms with van der Waals surface area (Å²) in [6.07, 6.45) is 11.5. The maximum Gasteiger partial charge on any atom is 0.267 e. The van der Waals surface area contributed by atoms with Crippen molar-refractivity contribution < 1.29 is 9.53 Å². The fourth-order valence-corrected chi connectivity index (χ4v) is 6.02. The number of hydrogen-bond acceptors (Lipinski definition) is 3. The lowest BCUT2D eigenvalue weighted by molar-refractivity contribution is 0.0287. The van der Waals surface area contributed by atoms with Gasteiger partial charge in [0.25, 0.3) is 5.91 Å². The van der Waals surface area contributed by atoms with Crippen LogP contribution in [0.1, 0.15) is 84.8 Å². The van der Waals surface area contributed by atoms with Crippen molar-refractivity contribution in [1.29, 1.82) is 0 Å². The third-order valence-corrected chi connectivity index (χ3v) is 7.04. The second kappa shape index (κ2) is 5.32. The van der Waals surface area contributed by atoms with Gasteiger partial charge in [-0.05, 0) is 35.3 Å². The van der Waals surface area contributed by atoms with E-state index in [1.807, 2.05) is 0 Å². The van der Waals surface area contributed by atoms with E-state index in [1.54, 1.807) is 0 Å². The van der Waals surface area contributed by atoms with Crippen molar-refractivity contribution in [1.82, 2.24) is 4.98 Å². The van der Waals surface area contributed by atoms with E-state index in [-0.39, 0.29) is 11.4 Å². The van der Waals surface area contributed by atoms with Gasteiger partial charge < -0.3 is 10.5 Å². The normalized spacial score (nSPS) is 36.8. The summed E-state index contributed by atoms with van der Waals surface area (Å²) >= 11 is 0. The van der Waals surface area contributed by atoms with Crippen molar-refractivity contribution in [2.24, 2.45) is 5.73 Å². The maximum absolute atomic E-state index is 11.9. The van der Waals surface area contributed by atoms with Crippen LogP contribution in [0.25, 0.3) is 0 Å². The first kappa shape index (κ1) is 14.9. The number of ether oxygens (including phenoxy) is 1. The standard InChI is InChI=1S/C19H25BN2O2/c21-18(23)15-10-14(19-7-1-3-11(20-19)4-2-8-19)13-9-12-5-6-16(24-12)17(13)22-15/h10-12,16,20H,1-9H2,(H2,21,23). The third kappa shape index (κ3) is 2.17. The summed E-state index contributed by atoms with van der Waals surface area (Å²) in [6, 6.07) is 2.06. The number of carbonyl (C=O) groups is 1. The summed E-state index contributed by atoms with van der Waals surface area (Å²) in [4.78, 5) is 16.6. The van der Waals surface area contributed by atoms with Crippen molar-refractivity contribution in [2.75, 3.05) is 0 Å². The number of fused-ring (bicyclic) bond motifs is 6. The van der Waals surface area contributed by atoms with Gasteiger partial charge in [-0.3, -0.25) is 4.79 Å². The third-order valence-electron chi connectivity index (χ3n) is 7.04. The fraction of sp³-hybridized carbons (Fsp3) is 0.684. The molecule has 1 amide bonds. The van der Waals surface area contributed by atoms with Crippen LogP contribution in [0, 0.1) is 0 Å². The van der Waals surface area contributed by atoms with Crippen LogP contribution in [-0.4, -0.2) is 24.3 Å². The zero-order valence-corrected chi connectivity index (χ0v) is 14.2. The molecule has 4 aliphatic rings. The first-order valence-corrected chi connectivity index (χ1v) is 9.64. The van der Waals surface area contributed by atoms with Crippen molar-refractivity contribution in [3.63, 3.8) is 0 Å². The number of pyridine rings is 1. The monoisotopic (exact) mass is 324 g/mol. The first-order chi connectivity index (χ1) is 11.6. The summed E-state index contributed by atoms with van der Waals surface area (Å²) in [6.45, 7) is 0. The van der Waals surface area contributed by atoms with Crippen LogP contribution < -0.4 is 5.73 Å². The molecule has 2 unspecified atom stereocenters. The molecule has 0 spiro atoms. The molecule has 4 bridgehead atoms. The van der Waals surface area contributed by atoms with Gasteiger partial charge in [0.1, 0.15) is 19.1 Å². The van der Waals surface area contributed by atoms with Gasteiger partial charge in [-0.25, -0.2) is 4.98 Å². The van der Waals surface area contributed by atoms with E-state index in [4.69, 9.17) is 10.5 Å². The Labute approximate surface area is 143 Å². The van der Waals surface area contributed by atoms with Gasteiger partial charge >= 0.3 is 0 Å². The Hall–Kier alpha value is -1.36. The quantitative estimate of drug-likeness (QED) is 0.851. The molecular formula is C19H25BN2O2. The van der Waals surface area contributed by atoms with Crippen LogP contribution in [0.5, 0.6) is 0 Å². The maximum atomic E-state index is 11.9. The predicted molar refractivity (Wildman–Crippen MR) is 93.6 cm³/mol. The SMILES string of the molecule is NC(=O)c1cc(C23BC(CCC2)CCC3)c2c(n1)C1CCC(C2)O1. The van der Waals surface area contributed by atoms with Crippen molar-refractivity contribution in [2.45, 2.75) is 81.1 Å². The molecule has 126 valence electrons. The van der Waals surface area contributed by atoms with Crippen molar-refractivity contribution in [3.05, 3.63) is 28.6 Å². The summed E-state index contributed by atoms with van der Waals surface area (Å²) in [5.74, 6) is 0.462. The molecule has 4 aliphatic heterocycles. The Morgan fingerprint density at radius 1 is 1.25 bits per heavy atom. The number of nitrogens with zero attached hydrogens (tertiary/aromatic N) is 1. The van der Waals surface area contributed by atoms with E-state index in [2.05, 4.69) is 11.1 Å². The highest BCUT2D eigenvalue weighted by atomic mass is 16.5. The number of hydrogen-bond donors (Lipinski definition) is 1. The zero-order valence-electron chi connectivity index (χ0n) is 14.2. The van der Waals surface area contributed by atoms with E-state index in [9.17, 15) is 4.79 Å². The minimum atomic E-state index is -0.404. The summed E-state index contributed by atoms with van der Waals surface area (Å²) in [7, 11) is 1.29. The smallest absolute Gasteiger partial charge is 0.267 e. The van der Waals surface area contributed by atoms with E-state index >= 15 is 0 Å². The fourth-order valence-electron chi connectivity index (χ4n) is 6.02. The lowest BCUT2D eigenvalue weighted by Crippen LogP contribution is -2.44. The average Bonchev–Trinajstić information content (AvgIpc) is 2.96. The van der Waals surface area contributed by atoms with Gasteiger partial charge in [-0.2, -0.15) is 0 Å². The first-order valence-electron chi connectivity index (χ1n) is 9.64. The van der Waals surface area contributed by atoms with Crippen molar-refractivity contribution >= 4 is 13.2 Å². The number of amides is 1. The predicted octanol–water partition coefficient (Wildman–Crippen LogP) is 2.74. The Balaban J connectivity index is 1.68. The highest BCUT2D eigenvalue weighted by Gasteiger charge is 2.46. The van der Waals surface area contributed by atoms with Gasteiger partial charge in [0.15, 0.2) is 0 Å². The second-order valence-corrected chi connectivity index (χ2v) is 8.45. The number of primary amides is 1. The van der Waals surface area contributed by atoms with E-state index in [1.165, 1.54) is 56.9 Å². The van der Waals surface area contributed by atoms with Gasteiger partial charge in [-0.15, -0.1) is 0 Å². The van der Waals surface area contributed by atoms with Gasteiger partial charge in [-0.1, -0.05) is 44.3 Å². The Bertz CT molecular complexity index is 695. The molecular weight excluding hydrogens is 299 g/mol. The van der Waals surface area contributed by atoms with E-state index < -0.39 is 5.91 Å². The topological polar surface area (TPSA) is 65.2 Å². The van der Waals surface area contributed by atoms with Crippen LogP contribution in [0.4, 0.5) is 0 Å². The molecule has 2 atom stereocenters. The summed E-state index contributed by atoms with van der Waals surface area (Å²) in [5.41, 5.74) is 9.91. The lowest BCUT2D eigenvalue weighted by atomic mass is 9.34. The number of aromatic nitrogens is 1. The highest BCUT2D eigenvalue weighted by molar-refractivity contribution is 6.43. The highest BCUT2D eigenvalue weighted by Crippen LogP contribution is 2.51. The van der Waals surface area contributed by atoms with E-state index in [0.29, 0.717) is 11.8 Å². The molecule has 5 heterocycles. The number of nitrogens with two attached hydrogens (primary N) is 1. The molecule has 1 aromatic heterocycles. The molecule has 2 N–H and O–H groups in total. The molecule has 5 heteroatoms. The zero-order chi connectivity index (χ0) is 16.3. The molecule has 0 radical (unpaired) electrons. The molecule has 4 nitrogen and oxygen atoms in total. The lowest BCUT2D eigenvalue weighted by Gasteiger charge is -2.46. The van der Waals surface area contributed by atoms with Gasteiger partial charge in [0.05, 0.1) is 11.8 Å². The molecule has 0 aliphatic carbocycles. The Kier molecular flexibility index (Phi) is 3.31. The van der Waals surface area contributed by atoms with Gasteiger partial charge in [0, 0.05) is 6.42 Å². The molecule has 3 fully saturated rings. The van der Waals surface area contributed by atoms with Crippen LogP contribution in [0.3, 0.4) is 0 Å². The largest absolute Gasteiger partial charge is 0.368 e. The molecule has 24 heavy (non-hydrogen) atoms. The Morgan fingerprint density at radius 3 is 2.79 bits per heavy atom. The van der Waals surface area contributed by atoms with Crippen LogP contribution in [0.15, 0.2) is 6.07 Å². The van der Waals surface area contributed by atoms with Crippen LogP contribution in [-0.2, 0) is 16.5 Å². The molecule has 0 saturated carbocycles. The number of carbonyl (C=O) groups excluding carboxylic acids is 1. The van der Waals surface area contributed by atoms with Crippen molar-refractivity contribution in [3.8, 4) is 0 Å². The minimum absolute atomic E-state index is 0.0798. The van der Waals surface area contributed by atoms with Crippen LogP contribution in [0.2, 0.25) is 5.82 Å². The number of rotatable bonds is 2. The molecule has 1 aromatic rings. The van der Waals surface area contributed by atoms with Crippen LogP contribution >= 0.6 is 0 Å². The molecule has 0 aromatic carbocycles. The second-order valence-electron chi connectivity index (χ2n) is 8.45.